The van der Waals surface area contributed by atoms with Gasteiger partial charge in [-0.25, -0.2) is 0 Å². The highest BCUT2D eigenvalue weighted by atomic mass is 16.1. The lowest BCUT2D eigenvalue weighted by Gasteiger charge is -2.18. The Kier molecular flexibility index (Phi) is 5.36. The molecule has 2 rings (SSSR count). The van der Waals surface area contributed by atoms with Crippen LogP contribution < -0.4 is 5.32 Å². The number of hydrogen-bond acceptors (Lipinski definition) is 1. The Balaban J connectivity index is 2.30. The molecule has 1 unspecified atom stereocenters. The number of nitrogens with one attached hydrogen (secondary N) is 1. The van der Waals surface area contributed by atoms with Crippen molar-refractivity contribution in [3.05, 3.63) is 65.7 Å². The smallest absolute Gasteiger partial charge is 0.211 e. The number of anilines is 1. The lowest BCUT2D eigenvalue weighted by atomic mass is 9.87. The van der Waals surface area contributed by atoms with Gasteiger partial charge in [-0.05, 0) is 29.7 Å². The zero-order valence-corrected chi connectivity index (χ0v) is 11.9. The summed E-state index contributed by atoms with van der Waals surface area (Å²) in [5.74, 6) is 0.393. The molecule has 2 heteroatoms. The lowest BCUT2D eigenvalue weighted by molar-refractivity contribution is -0.105. The average Bonchev–Trinajstić information content (AvgIpc) is 2.50. The van der Waals surface area contributed by atoms with Crippen molar-refractivity contribution in [2.45, 2.75) is 32.1 Å². The van der Waals surface area contributed by atoms with Crippen molar-refractivity contribution < 1.29 is 4.79 Å². The van der Waals surface area contributed by atoms with Gasteiger partial charge in [-0.3, -0.25) is 4.79 Å². The average molecular weight is 267 g/mol. The number of unbranched alkanes of at least 4 members (excludes halogenated alkanes) is 1. The van der Waals surface area contributed by atoms with E-state index in [0.717, 1.165) is 18.5 Å². The van der Waals surface area contributed by atoms with Crippen LogP contribution >= 0.6 is 0 Å². The third kappa shape index (κ3) is 3.70. The van der Waals surface area contributed by atoms with Crippen LogP contribution in [0, 0.1) is 0 Å². The molecule has 20 heavy (non-hydrogen) atoms. The molecular formula is C18H21NO. The first-order valence-electron chi connectivity index (χ1n) is 7.20. The van der Waals surface area contributed by atoms with Crippen molar-refractivity contribution in [1.29, 1.82) is 0 Å². The monoisotopic (exact) mass is 267 g/mol. The molecule has 2 aromatic rings. The predicted molar refractivity (Wildman–Crippen MR) is 83.9 cm³/mol. The maximum Gasteiger partial charge on any atom is 0.211 e. The van der Waals surface area contributed by atoms with Gasteiger partial charge in [-0.1, -0.05) is 62.2 Å². The second-order valence-corrected chi connectivity index (χ2v) is 4.99. The summed E-state index contributed by atoms with van der Waals surface area (Å²) in [7, 11) is 0. The van der Waals surface area contributed by atoms with E-state index < -0.39 is 0 Å². The Morgan fingerprint density at radius 2 is 1.80 bits per heavy atom. The molecule has 0 radical (unpaired) electrons. The van der Waals surface area contributed by atoms with Gasteiger partial charge in [0.1, 0.15) is 0 Å². The molecular weight excluding hydrogens is 246 g/mol. The third-order valence-corrected chi connectivity index (χ3v) is 3.56. The van der Waals surface area contributed by atoms with Crippen molar-refractivity contribution >= 4 is 12.1 Å². The molecule has 0 heterocycles. The van der Waals surface area contributed by atoms with Crippen LogP contribution in [0.5, 0.6) is 0 Å². The van der Waals surface area contributed by atoms with Crippen molar-refractivity contribution in [3.63, 3.8) is 0 Å². The molecule has 2 aromatic carbocycles. The van der Waals surface area contributed by atoms with E-state index in [9.17, 15) is 4.79 Å². The van der Waals surface area contributed by atoms with E-state index in [4.69, 9.17) is 0 Å². The van der Waals surface area contributed by atoms with Crippen LogP contribution in [0.4, 0.5) is 5.69 Å². The zero-order chi connectivity index (χ0) is 14.2. The Morgan fingerprint density at radius 3 is 2.50 bits per heavy atom. The summed E-state index contributed by atoms with van der Waals surface area (Å²) < 4.78 is 0. The molecule has 0 fully saturated rings. The second kappa shape index (κ2) is 7.49. The van der Waals surface area contributed by atoms with Crippen LogP contribution in [0.25, 0.3) is 0 Å². The topological polar surface area (TPSA) is 29.1 Å². The van der Waals surface area contributed by atoms with Gasteiger partial charge in [0, 0.05) is 11.6 Å². The van der Waals surface area contributed by atoms with Gasteiger partial charge in [0.05, 0.1) is 0 Å². The summed E-state index contributed by atoms with van der Waals surface area (Å²) in [6, 6.07) is 18.7. The number of hydrogen-bond donors (Lipinski definition) is 1. The molecule has 0 spiro atoms. The van der Waals surface area contributed by atoms with Crippen LogP contribution in [0.2, 0.25) is 0 Å². The Hall–Kier alpha value is -2.09. The maximum absolute atomic E-state index is 10.6. The Morgan fingerprint density at radius 1 is 1.05 bits per heavy atom. The molecule has 0 aromatic heterocycles. The zero-order valence-electron chi connectivity index (χ0n) is 11.9. The van der Waals surface area contributed by atoms with Crippen molar-refractivity contribution in [1.82, 2.24) is 0 Å². The van der Waals surface area contributed by atoms with Crippen LogP contribution in [0.3, 0.4) is 0 Å². The number of benzene rings is 2. The van der Waals surface area contributed by atoms with Crippen LogP contribution in [-0.4, -0.2) is 6.41 Å². The highest BCUT2D eigenvalue weighted by molar-refractivity contribution is 5.71. The van der Waals surface area contributed by atoms with Gasteiger partial charge in [-0.15, -0.1) is 0 Å². The van der Waals surface area contributed by atoms with E-state index in [1.807, 2.05) is 18.2 Å². The SMILES string of the molecule is CCCCC(c1ccccc1)c1cccc(NC=O)c1. The minimum atomic E-state index is 0.393. The fourth-order valence-corrected chi connectivity index (χ4v) is 2.53. The highest BCUT2D eigenvalue weighted by Gasteiger charge is 2.13. The molecule has 0 saturated heterocycles. The van der Waals surface area contributed by atoms with Crippen molar-refractivity contribution in [3.8, 4) is 0 Å². The van der Waals surface area contributed by atoms with Crippen LogP contribution in [-0.2, 0) is 4.79 Å². The van der Waals surface area contributed by atoms with Gasteiger partial charge in [-0.2, -0.15) is 0 Å². The van der Waals surface area contributed by atoms with E-state index in [1.54, 1.807) is 0 Å². The van der Waals surface area contributed by atoms with E-state index in [1.165, 1.54) is 24.0 Å². The van der Waals surface area contributed by atoms with E-state index in [-0.39, 0.29) is 0 Å². The molecule has 0 aliphatic rings. The molecule has 1 N–H and O–H groups in total. The first-order chi connectivity index (χ1) is 9.85. The van der Waals surface area contributed by atoms with Crippen molar-refractivity contribution in [2.75, 3.05) is 5.32 Å². The minimum absolute atomic E-state index is 0.393. The van der Waals surface area contributed by atoms with Gasteiger partial charge < -0.3 is 5.32 Å². The molecule has 2 nitrogen and oxygen atoms in total. The maximum atomic E-state index is 10.6. The Labute approximate surface area is 120 Å². The quantitative estimate of drug-likeness (QED) is 0.731. The summed E-state index contributed by atoms with van der Waals surface area (Å²) in [5, 5.41) is 2.73. The molecule has 0 aliphatic heterocycles. The standard InChI is InChI=1S/C18H21NO/c1-2-3-12-18(15-8-5-4-6-9-15)16-10-7-11-17(13-16)19-14-20/h4-11,13-14,18H,2-3,12H2,1H3,(H,19,20). The van der Waals surface area contributed by atoms with Crippen LogP contribution in [0.15, 0.2) is 54.6 Å². The fraction of sp³-hybridized carbons (Fsp3) is 0.278. The number of amides is 1. The van der Waals surface area contributed by atoms with E-state index in [0.29, 0.717) is 5.92 Å². The number of carbonyl (C=O) groups excluding carboxylic acids is 1. The molecule has 0 aliphatic carbocycles. The van der Waals surface area contributed by atoms with Gasteiger partial charge in [0.15, 0.2) is 0 Å². The van der Waals surface area contributed by atoms with E-state index in [2.05, 4.69) is 48.6 Å². The van der Waals surface area contributed by atoms with Gasteiger partial charge in [0.2, 0.25) is 6.41 Å². The second-order valence-electron chi connectivity index (χ2n) is 4.99. The van der Waals surface area contributed by atoms with Crippen molar-refractivity contribution in [2.24, 2.45) is 0 Å². The molecule has 104 valence electrons. The first-order valence-corrected chi connectivity index (χ1v) is 7.20. The number of rotatable bonds is 7. The summed E-state index contributed by atoms with van der Waals surface area (Å²) in [4.78, 5) is 10.6. The summed E-state index contributed by atoms with van der Waals surface area (Å²) in [6.45, 7) is 2.21. The fourth-order valence-electron chi connectivity index (χ4n) is 2.53. The molecule has 0 saturated carbocycles. The summed E-state index contributed by atoms with van der Waals surface area (Å²) in [6.07, 6.45) is 4.24. The highest BCUT2D eigenvalue weighted by Crippen LogP contribution is 2.31. The van der Waals surface area contributed by atoms with E-state index >= 15 is 0 Å². The largest absolute Gasteiger partial charge is 0.329 e. The summed E-state index contributed by atoms with van der Waals surface area (Å²) in [5.41, 5.74) is 3.45. The minimum Gasteiger partial charge on any atom is -0.329 e. The van der Waals surface area contributed by atoms with Gasteiger partial charge in [0.25, 0.3) is 0 Å². The third-order valence-electron chi connectivity index (χ3n) is 3.56. The first kappa shape index (κ1) is 14.3. The number of carbonyl (C=O) groups is 1. The van der Waals surface area contributed by atoms with Gasteiger partial charge >= 0.3 is 0 Å². The molecule has 1 amide bonds. The lowest BCUT2D eigenvalue weighted by Crippen LogP contribution is -2.02. The van der Waals surface area contributed by atoms with Crippen LogP contribution in [0.1, 0.15) is 43.2 Å². The Bertz CT molecular complexity index is 536. The molecule has 0 bridgehead atoms. The predicted octanol–water partition coefficient (Wildman–Crippen LogP) is 4.58. The normalized spacial score (nSPS) is 11.8. The summed E-state index contributed by atoms with van der Waals surface area (Å²) >= 11 is 0. The molecule has 1 atom stereocenters.